The number of ether oxygens (including phenoxy) is 1. The van der Waals surface area contributed by atoms with Crippen LogP contribution in [0.25, 0.3) is 5.57 Å². The maximum absolute atomic E-state index is 13.2. The third-order valence-electron chi connectivity index (χ3n) is 4.51. The molecule has 0 radical (unpaired) electrons. The van der Waals surface area contributed by atoms with Crippen LogP contribution in [0.1, 0.15) is 41.8 Å². The molecular weight excluding hydrogens is 366 g/mol. The van der Waals surface area contributed by atoms with Crippen molar-refractivity contribution in [2.45, 2.75) is 26.9 Å². The van der Waals surface area contributed by atoms with E-state index in [0.717, 1.165) is 12.1 Å². The van der Waals surface area contributed by atoms with Gasteiger partial charge >= 0.3 is 5.97 Å². The maximum atomic E-state index is 13.2. The van der Waals surface area contributed by atoms with E-state index in [1.807, 2.05) is 0 Å². The molecule has 0 amide bonds. The molecule has 0 atom stereocenters. The quantitative estimate of drug-likeness (QED) is 0.739. The molecule has 144 valence electrons. The molecule has 0 heterocycles. The van der Waals surface area contributed by atoms with Gasteiger partial charge in [0.1, 0.15) is 18.2 Å². The topological polar surface area (TPSA) is 60.4 Å². The molecule has 6 heteroatoms. The normalized spacial score (nSPS) is 15.9. The summed E-state index contributed by atoms with van der Waals surface area (Å²) in [7, 11) is 0. The van der Waals surface area contributed by atoms with E-state index in [9.17, 15) is 23.2 Å². The molecule has 0 N–H and O–H groups in total. The number of hydrogen-bond acceptors (Lipinski definition) is 4. The van der Waals surface area contributed by atoms with E-state index in [4.69, 9.17) is 4.74 Å². The minimum atomic E-state index is -0.862. The predicted octanol–water partition coefficient (Wildman–Crippen LogP) is 4.27. The molecule has 0 saturated heterocycles. The Morgan fingerprint density at radius 3 is 2.25 bits per heavy atom. The number of hydrogen-bond donors (Lipinski definition) is 0. The van der Waals surface area contributed by atoms with Crippen molar-refractivity contribution in [2.24, 2.45) is 5.41 Å². The van der Waals surface area contributed by atoms with E-state index < -0.39 is 23.0 Å². The number of benzene rings is 2. The average Bonchev–Trinajstić information content (AvgIpc) is 2.62. The molecule has 2 aromatic carbocycles. The first-order valence-corrected chi connectivity index (χ1v) is 8.67. The van der Waals surface area contributed by atoms with Crippen molar-refractivity contribution in [3.8, 4) is 0 Å². The molecule has 0 aliphatic heterocycles. The van der Waals surface area contributed by atoms with E-state index in [1.165, 1.54) is 6.08 Å². The largest absolute Gasteiger partial charge is 0.457 e. The van der Waals surface area contributed by atoms with E-state index in [0.29, 0.717) is 22.8 Å². The van der Waals surface area contributed by atoms with Crippen LogP contribution in [0.3, 0.4) is 0 Å². The van der Waals surface area contributed by atoms with Crippen molar-refractivity contribution in [3.63, 3.8) is 0 Å². The summed E-state index contributed by atoms with van der Waals surface area (Å²) >= 11 is 0. The zero-order valence-electron chi connectivity index (χ0n) is 15.4. The van der Waals surface area contributed by atoms with E-state index in [1.54, 1.807) is 38.1 Å². The first-order chi connectivity index (χ1) is 13.2. The fourth-order valence-electron chi connectivity index (χ4n) is 3.06. The van der Waals surface area contributed by atoms with Gasteiger partial charge in [-0.25, -0.2) is 13.6 Å². The number of halogens is 2. The van der Waals surface area contributed by atoms with Crippen molar-refractivity contribution in [2.75, 3.05) is 0 Å². The first-order valence-electron chi connectivity index (χ1n) is 8.67. The molecule has 0 aromatic heterocycles. The van der Waals surface area contributed by atoms with Gasteiger partial charge in [0.25, 0.3) is 0 Å². The Morgan fingerprint density at radius 1 is 1.04 bits per heavy atom. The lowest BCUT2D eigenvalue weighted by molar-refractivity contribution is -0.127. The second-order valence-corrected chi connectivity index (χ2v) is 7.35. The van der Waals surface area contributed by atoms with Crippen LogP contribution in [0.2, 0.25) is 0 Å². The Hall–Kier alpha value is -3.15. The summed E-state index contributed by atoms with van der Waals surface area (Å²) in [5.74, 6) is -2.77. The highest BCUT2D eigenvalue weighted by molar-refractivity contribution is 6.30. The van der Waals surface area contributed by atoms with Gasteiger partial charge in [0, 0.05) is 23.5 Å². The smallest absolute Gasteiger partial charge is 0.338 e. The molecule has 4 nitrogen and oxygen atoms in total. The molecule has 0 saturated carbocycles. The molecule has 3 rings (SSSR count). The standard InChI is InChI=1S/C22H18F2O4/c1-22(2)11-18(25)10-19(20(22)26)14-5-3-13(4-6-14)12-28-21(27)15-7-16(23)9-17(24)8-15/h3-10H,11-12H2,1-2H3. The van der Waals surface area contributed by atoms with Crippen LogP contribution in [-0.2, 0) is 20.9 Å². The lowest BCUT2D eigenvalue weighted by Gasteiger charge is -2.27. The van der Waals surface area contributed by atoms with Crippen LogP contribution < -0.4 is 0 Å². The maximum Gasteiger partial charge on any atom is 0.338 e. The monoisotopic (exact) mass is 384 g/mol. The Kier molecular flexibility index (Phi) is 5.23. The van der Waals surface area contributed by atoms with Crippen LogP contribution in [0.5, 0.6) is 0 Å². The second-order valence-electron chi connectivity index (χ2n) is 7.35. The second kappa shape index (κ2) is 7.46. The Balaban J connectivity index is 1.70. The van der Waals surface area contributed by atoms with Gasteiger partial charge in [-0.15, -0.1) is 0 Å². The highest BCUT2D eigenvalue weighted by atomic mass is 19.1. The minimum absolute atomic E-state index is 0.0973. The first kappa shape index (κ1) is 19.6. The van der Waals surface area contributed by atoms with Gasteiger partial charge in [0.2, 0.25) is 0 Å². The summed E-state index contributed by atoms with van der Waals surface area (Å²) in [6, 6.07) is 9.13. The number of ketones is 2. The van der Waals surface area contributed by atoms with Gasteiger partial charge in [0.05, 0.1) is 5.56 Å². The lowest BCUT2D eigenvalue weighted by atomic mass is 9.74. The van der Waals surface area contributed by atoms with Crippen LogP contribution in [0.4, 0.5) is 8.78 Å². The van der Waals surface area contributed by atoms with Crippen molar-refractivity contribution in [1.29, 1.82) is 0 Å². The van der Waals surface area contributed by atoms with Crippen LogP contribution in [0, 0.1) is 17.0 Å². The summed E-state index contributed by atoms with van der Waals surface area (Å²) in [5, 5.41) is 0. The average molecular weight is 384 g/mol. The molecule has 1 aliphatic rings. The number of rotatable bonds is 4. The molecule has 0 bridgehead atoms. The Labute approximate surface area is 160 Å². The molecule has 1 aliphatic carbocycles. The highest BCUT2D eigenvalue weighted by Gasteiger charge is 2.36. The molecule has 0 spiro atoms. The van der Waals surface area contributed by atoms with Crippen molar-refractivity contribution < 1.29 is 27.9 Å². The fraction of sp³-hybridized carbons (Fsp3) is 0.227. The minimum Gasteiger partial charge on any atom is -0.457 e. The fourth-order valence-corrected chi connectivity index (χ4v) is 3.06. The Bertz CT molecular complexity index is 968. The van der Waals surface area contributed by atoms with Crippen LogP contribution in [-0.4, -0.2) is 17.5 Å². The van der Waals surface area contributed by atoms with Gasteiger partial charge in [0.15, 0.2) is 11.6 Å². The Morgan fingerprint density at radius 2 is 1.64 bits per heavy atom. The molecule has 0 fully saturated rings. The predicted molar refractivity (Wildman–Crippen MR) is 98.3 cm³/mol. The van der Waals surface area contributed by atoms with E-state index >= 15 is 0 Å². The van der Waals surface area contributed by atoms with Gasteiger partial charge < -0.3 is 4.74 Å². The third-order valence-corrected chi connectivity index (χ3v) is 4.51. The van der Waals surface area contributed by atoms with Crippen molar-refractivity contribution in [1.82, 2.24) is 0 Å². The zero-order chi connectivity index (χ0) is 20.5. The molecule has 2 aromatic rings. The SMILES string of the molecule is CC1(C)CC(=O)C=C(c2ccc(COC(=O)c3cc(F)cc(F)c3)cc2)C1=O. The van der Waals surface area contributed by atoms with Crippen molar-refractivity contribution in [3.05, 3.63) is 76.9 Å². The number of allylic oxidation sites excluding steroid dienone is 2. The number of Topliss-reactive ketones (excluding diaryl/α,β-unsaturated/α-hetero) is 1. The molecule has 28 heavy (non-hydrogen) atoms. The van der Waals surface area contributed by atoms with E-state index in [-0.39, 0.29) is 30.2 Å². The summed E-state index contributed by atoms with van der Waals surface area (Å²) in [5.41, 5.74) is 0.639. The van der Waals surface area contributed by atoms with Gasteiger partial charge in [-0.2, -0.15) is 0 Å². The van der Waals surface area contributed by atoms with Crippen LogP contribution in [0.15, 0.2) is 48.5 Å². The summed E-state index contributed by atoms with van der Waals surface area (Å²) in [4.78, 5) is 36.4. The third kappa shape index (κ3) is 4.22. The summed E-state index contributed by atoms with van der Waals surface area (Å²) < 4.78 is 31.4. The summed E-state index contributed by atoms with van der Waals surface area (Å²) in [6.07, 6.45) is 1.55. The van der Waals surface area contributed by atoms with E-state index in [2.05, 4.69) is 0 Å². The number of esters is 1. The lowest BCUT2D eigenvalue weighted by Crippen LogP contribution is -2.31. The van der Waals surface area contributed by atoms with Gasteiger partial charge in [-0.05, 0) is 29.3 Å². The van der Waals surface area contributed by atoms with Crippen molar-refractivity contribution >= 4 is 23.1 Å². The van der Waals surface area contributed by atoms with Gasteiger partial charge in [-0.3, -0.25) is 9.59 Å². The zero-order valence-corrected chi connectivity index (χ0v) is 15.4. The molecular formula is C22H18F2O4. The summed E-state index contributed by atoms with van der Waals surface area (Å²) in [6.45, 7) is 3.38. The van der Waals surface area contributed by atoms with Gasteiger partial charge in [-0.1, -0.05) is 38.1 Å². The number of carbonyl (C=O) groups is 3. The molecule has 0 unspecified atom stereocenters. The highest BCUT2D eigenvalue weighted by Crippen LogP contribution is 2.34. The number of carbonyl (C=O) groups excluding carboxylic acids is 3. The van der Waals surface area contributed by atoms with Crippen LogP contribution >= 0.6 is 0 Å².